The summed E-state index contributed by atoms with van der Waals surface area (Å²) in [5.74, 6) is 0.853. The van der Waals surface area contributed by atoms with E-state index >= 15 is 0 Å². The van der Waals surface area contributed by atoms with Crippen LogP contribution in [0.2, 0.25) is 0 Å². The average Bonchev–Trinajstić information content (AvgIpc) is 2.27. The van der Waals surface area contributed by atoms with Crippen LogP contribution < -0.4 is 0 Å². The van der Waals surface area contributed by atoms with Crippen molar-refractivity contribution in [2.24, 2.45) is 11.8 Å². The van der Waals surface area contributed by atoms with Gasteiger partial charge in [-0.2, -0.15) is 4.31 Å². The fourth-order valence-corrected chi connectivity index (χ4v) is 4.86. The van der Waals surface area contributed by atoms with E-state index in [4.69, 9.17) is 0 Å². The summed E-state index contributed by atoms with van der Waals surface area (Å²) in [7, 11) is -3.35. The SMILES string of the molecule is C[C@H]1C[C@H](C)CN(S(=O)(=O)c2cccc(Br)c2)C1. The Hall–Kier alpha value is -0.390. The molecular formula is C13H18BrNO2S. The van der Waals surface area contributed by atoms with Crippen LogP contribution in [0.1, 0.15) is 20.3 Å². The third kappa shape index (κ3) is 2.95. The maximum atomic E-state index is 12.5. The van der Waals surface area contributed by atoms with Gasteiger partial charge in [0.1, 0.15) is 0 Å². The lowest BCUT2D eigenvalue weighted by atomic mass is 9.94. The Morgan fingerprint density at radius 2 is 1.83 bits per heavy atom. The van der Waals surface area contributed by atoms with Crippen molar-refractivity contribution in [1.82, 2.24) is 4.31 Å². The molecule has 0 unspecified atom stereocenters. The Balaban J connectivity index is 2.31. The molecule has 1 fully saturated rings. The highest BCUT2D eigenvalue weighted by atomic mass is 79.9. The van der Waals surface area contributed by atoms with Crippen molar-refractivity contribution in [2.45, 2.75) is 25.2 Å². The first kappa shape index (κ1) is 14.0. The van der Waals surface area contributed by atoms with Crippen molar-refractivity contribution in [1.29, 1.82) is 0 Å². The molecule has 2 atom stereocenters. The van der Waals surface area contributed by atoms with Crippen molar-refractivity contribution in [3.63, 3.8) is 0 Å². The maximum Gasteiger partial charge on any atom is 0.243 e. The average molecular weight is 332 g/mol. The van der Waals surface area contributed by atoms with Crippen molar-refractivity contribution in [2.75, 3.05) is 13.1 Å². The van der Waals surface area contributed by atoms with Crippen LogP contribution in [0.4, 0.5) is 0 Å². The largest absolute Gasteiger partial charge is 0.243 e. The van der Waals surface area contributed by atoms with E-state index in [9.17, 15) is 8.42 Å². The summed E-state index contributed by atoms with van der Waals surface area (Å²) in [6.45, 7) is 5.47. The van der Waals surface area contributed by atoms with Gasteiger partial charge in [-0.1, -0.05) is 35.8 Å². The molecule has 0 amide bonds. The number of sulfonamides is 1. The Morgan fingerprint density at radius 3 is 2.39 bits per heavy atom. The summed E-state index contributed by atoms with van der Waals surface area (Å²) in [5.41, 5.74) is 0. The van der Waals surface area contributed by atoms with E-state index < -0.39 is 10.0 Å². The summed E-state index contributed by atoms with van der Waals surface area (Å²) in [6.07, 6.45) is 1.10. The zero-order valence-corrected chi connectivity index (χ0v) is 13.0. The molecule has 0 radical (unpaired) electrons. The number of nitrogens with zero attached hydrogens (tertiary/aromatic N) is 1. The molecule has 0 aliphatic carbocycles. The lowest BCUT2D eigenvalue weighted by molar-refractivity contribution is 0.222. The van der Waals surface area contributed by atoms with Gasteiger partial charge in [0, 0.05) is 17.6 Å². The van der Waals surface area contributed by atoms with E-state index in [1.165, 1.54) is 0 Å². The van der Waals surface area contributed by atoms with E-state index in [1.807, 2.05) is 6.07 Å². The highest BCUT2D eigenvalue weighted by molar-refractivity contribution is 9.10. The van der Waals surface area contributed by atoms with Gasteiger partial charge < -0.3 is 0 Å². The minimum atomic E-state index is -3.35. The number of piperidine rings is 1. The quantitative estimate of drug-likeness (QED) is 0.834. The second-order valence-electron chi connectivity index (χ2n) is 5.23. The topological polar surface area (TPSA) is 37.4 Å². The molecule has 2 rings (SSSR count). The van der Waals surface area contributed by atoms with Crippen LogP contribution in [0.15, 0.2) is 33.6 Å². The zero-order chi connectivity index (χ0) is 13.3. The molecule has 5 heteroatoms. The molecule has 3 nitrogen and oxygen atoms in total. The van der Waals surface area contributed by atoms with Gasteiger partial charge in [0.05, 0.1) is 4.90 Å². The molecule has 0 bridgehead atoms. The predicted octanol–water partition coefficient (Wildman–Crippen LogP) is 3.12. The van der Waals surface area contributed by atoms with E-state index in [1.54, 1.807) is 22.5 Å². The van der Waals surface area contributed by atoms with Crippen LogP contribution in [0.3, 0.4) is 0 Å². The molecule has 1 aromatic rings. The summed E-state index contributed by atoms with van der Waals surface area (Å²) < 4.78 is 27.5. The van der Waals surface area contributed by atoms with Crippen molar-refractivity contribution < 1.29 is 8.42 Å². The normalized spacial score (nSPS) is 26.2. The van der Waals surface area contributed by atoms with Crippen molar-refractivity contribution in [3.8, 4) is 0 Å². The molecule has 1 aromatic carbocycles. The standard InChI is InChI=1S/C13H18BrNO2S/c1-10-6-11(2)9-15(8-10)18(16,17)13-5-3-4-12(14)7-13/h3-5,7,10-11H,6,8-9H2,1-2H3/t10-,11-/m0/s1. The highest BCUT2D eigenvalue weighted by Crippen LogP contribution is 2.27. The number of hydrogen-bond donors (Lipinski definition) is 0. The van der Waals surface area contributed by atoms with Crippen LogP contribution in [0.25, 0.3) is 0 Å². The number of rotatable bonds is 2. The smallest absolute Gasteiger partial charge is 0.207 e. The molecule has 1 heterocycles. The molecule has 0 N–H and O–H groups in total. The number of hydrogen-bond acceptors (Lipinski definition) is 2. The van der Waals surface area contributed by atoms with Gasteiger partial charge in [0.15, 0.2) is 0 Å². The summed E-state index contributed by atoms with van der Waals surface area (Å²) in [4.78, 5) is 0.373. The number of halogens is 1. The minimum absolute atomic E-state index is 0.373. The number of benzene rings is 1. The minimum Gasteiger partial charge on any atom is -0.207 e. The Morgan fingerprint density at radius 1 is 1.22 bits per heavy atom. The maximum absolute atomic E-state index is 12.5. The first-order valence-corrected chi connectivity index (χ1v) is 8.38. The second-order valence-corrected chi connectivity index (χ2v) is 8.08. The molecule has 0 saturated carbocycles. The van der Waals surface area contributed by atoms with Gasteiger partial charge in [-0.15, -0.1) is 0 Å². The lowest BCUT2D eigenvalue weighted by Crippen LogP contribution is -2.42. The molecule has 1 aliphatic heterocycles. The molecule has 1 saturated heterocycles. The van der Waals surface area contributed by atoms with Gasteiger partial charge in [-0.3, -0.25) is 0 Å². The van der Waals surface area contributed by atoms with Crippen LogP contribution in [-0.4, -0.2) is 25.8 Å². The molecule has 0 spiro atoms. The van der Waals surface area contributed by atoms with Crippen LogP contribution >= 0.6 is 15.9 Å². The first-order valence-electron chi connectivity index (χ1n) is 6.15. The van der Waals surface area contributed by atoms with Crippen molar-refractivity contribution >= 4 is 26.0 Å². The van der Waals surface area contributed by atoms with E-state index in [-0.39, 0.29) is 0 Å². The van der Waals surface area contributed by atoms with Crippen LogP contribution in [-0.2, 0) is 10.0 Å². The second kappa shape index (κ2) is 5.31. The zero-order valence-electron chi connectivity index (χ0n) is 10.6. The summed E-state index contributed by atoms with van der Waals surface area (Å²) in [6, 6.07) is 6.91. The fraction of sp³-hybridized carbons (Fsp3) is 0.538. The van der Waals surface area contributed by atoms with Gasteiger partial charge in [-0.25, -0.2) is 8.42 Å². The first-order chi connectivity index (χ1) is 8.39. The van der Waals surface area contributed by atoms with E-state index in [2.05, 4.69) is 29.8 Å². The van der Waals surface area contributed by atoms with E-state index in [0.717, 1.165) is 10.9 Å². The van der Waals surface area contributed by atoms with Gasteiger partial charge in [0.25, 0.3) is 0 Å². The third-order valence-corrected chi connectivity index (χ3v) is 5.59. The van der Waals surface area contributed by atoms with Crippen LogP contribution in [0, 0.1) is 11.8 Å². The van der Waals surface area contributed by atoms with Crippen LogP contribution in [0.5, 0.6) is 0 Å². The molecular weight excluding hydrogens is 314 g/mol. The van der Waals surface area contributed by atoms with Gasteiger partial charge in [-0.05, 0) is 36.5 Å². The Labute approximate surface area is 117 Å². The molecule has 100 valence electrons. The molecule has 18 heavy (non-hydrogen) atoms. The highest BCUT2D eigenvalue weighted by Gasteiger charge is 2.31. The van der Waals surface area contributed by atoms with Crippen molar-refractivity contribution in [3.05, 3.63) is 28.7 Å². The summed E-state index contributed by atoms with van der Waals surface area (Å²) >= 11 is 3.32. The summed E-state index contributed by atoms with van der Waals surface area (Å²) in [5, 5.41) is 0. The molecule has 1 aliphatic rings. The monoisotopic (exact) mass is 331 g/mol. The van der Waals surface area contributed by atoms with Gasteiger partial charge in [0.2, 0.25) is 10.0 Å². The third-order valence-electron chi connectivity index (χ3n) is 3.27. The predicted molar refractivity (Wildman–Crippen MR) is 75.8 cm³/mol. The Kier molecular flexibility index (Phi) is 4.14. The fourth-order valence-electron chi connectivity index (χ4n) is 2.58. The van der Waals surface area contributed by atoms with E-state index in [0.29, 0.717) is 29.8 Å². The lowest BCUT2D eigenvalue weighted by Gasteiger charge is -2.34. The Bertz CT molecular complexity index is 520. The van der Waals surface area contributed by atoms with Gasteiger partial charge >= 0.3 is 0 Å². The molecule has 0 aromatic heterocycles.